The van der Waals surface area contributed by atoms with E-state index in [0.717, 1.165) is 39.5 Å². The Morgan fingerprint density at radius 1 is 1.03 bits per heavy atom. The third-order valence-electron chi connectivity index (χ3n) is 4.59. The Bertz CT molecular complexity index is 1240. The minimum Gasteiger partial charge on any atom is -0.325 e. The minimum absolute atomic E-state index is 0.107. The number of nitrogens with zero attached hydrogens (tertiary/aromatic N) is 2. The van der Waals surface area contributed by atoms with Crippen LogP contribution in [-0.4, -0.2) is 21.2 Å². The van der Waals surface area contributed by atoms with Crippen molar-refractivity contribution in [2.75, 3.05) is 11.1 Å². The lowest BCUT2D eigenvalue weighted by Crippen LogP contribution is -2.22. The maximum absolute atomic E-state index is 13.0. The van der Waals surface area contributed by atoms with Crippen molar-refractivity contribution in [1.29, 1.82) is 0 Å². The first kappa shape index (κ1) is 19.0. The summed E-state index contributed by atoms with van der Waals surface area (Å²) in [5, 5.41) is 5.20. The smallest absolute Gasteiger partial charge is 0.287 e. The Morgan fingerprint density at radius 2 is 1.79 bits per heavy atom. The van der Waals surface area contributed by atoms with Gasteiger partial charge < -0.3 is 5.32 Å². The molecule has 1 aromatic heterocycles. The van der Waals surface area contributed by atoms with E-state index in [1.165, 1.54) is 0 Å². The molecule has 0 unspecified atom stereocenters. The summed E-state index contributed by atoms with van der Waals surface area (Å²) in [6.07, 6.45) is 3.24. The van der Waals surface area contributed by atoms with Gasteiger partial charge in [0.15, 0.2) is 5.03 Å². The molecule has 0 aliphatic rings. The van der Waals surface area contributed by atoms with Crippen LogP contribution in [0.3, 0.4) is 0 Å². The van der Waals surface area contributed by atoms with Gasteiger partial charge in [-0.2, -0.15) is 0 Å². The molecule has 1 amide bonds. The SMILES string of the molecule is Cc1ccccc1NC(=O)CSc1nccn(-c2cccc3ccccc23)c1=O. The number of thioether (sulfide) groups is 1. The molecular formula is C23H19N3O2S. The predicted octanol–water partition coefficient (Wildman–Crippen LogP) is 4.42. The lowest BCUT2D eigenvalue weighted by atomic mass is 10.1. The van der Waals surface area contributed by atoms with E-state index in [1.807, 2.05) is 73.7 Å². The van der Waals surface area contributed by atoms with E-state index in [1.54, 1.807) is 17.0 Å². The Kier molecular flexibility index (Phi) is 5.44. The first-order valence-electron chi connectivity index (χ1n) is 9.17. The van der Waals surface area contributed by atoms with Gasteiger partial charge in [0, 0.05) is 23.5 Å². The van der Waals surface area contributed by atoms with Crippen LogP contribution in [0.1, 0.15) is 5.56 Å². The first-order chi connectivity index (χ1) is 14.1. The summed E-state index contributed by atoms with van der Waals surface area (Å²) in [6.45, 7) is 1.93. The van der Waals surface area contributed by atoms with Crippen molar-refractivity contribution in [2.24, 2.45) is 0 Å². The van der Waals surface area contributed by atoms with Crippen LogP contribution in [0.4, 0.5) is 5.69 Å². The molecule has 5 nitrogen and oxygen atoms in total. The van der Waals surface area contributed by atoms with Crippen molar-refractivity contribution in [1.82, 2.24) is 9.55 Å². The van der Waals surface area contributed by atoms with Gasteiger partial charge in [-0.1, -0.05) is 66.4 Å². The van der Waals surface area contributed by atoms with E-state index in [2.05, 4.69) is 10.3 Å². The van der Waals surface area contributed by atoms with E-state index < -0.39 is 0 Å². The van der Waals surface area contributed by atoms with E-state index in [4.69, 9.17) is 0 Å². The standard InChI is InChI=1S/C23H19N3O2S/c1-16-7-2-5-11-19(16)25-21(27)15-29-22-23(28)26(14-13-24-22)20-12-6-9-17-8-3-4-10-18(17)20/h2-14H,15H2,1H3,(H,25,27). The predicted molar refractivity (Wildman–Crippen MR) is 118 cm³/mol. The van der Waals surface area contributed by atoms with Crippen molar-refractivity contribution < 1.29 is 4.79 Å². The fraction of sp³-hybridized carbons (Fsp3) is 0.0870. The molecule has 0 aliphatic heterocycles. The zero-order valence-electron chi connectivity index (χ0n) is 15.8. The number of aryl methyl sites for hydroxylation is 1. The second kappa shape index (κ2) is 8.32. The summed E-state index contributed by atoms with van der Waals surface area (Å²) in [6, 6.07) is 21.3. The molecule has 3 aromatic carbocycles. The highest BCUT2D eigenvalue weighted by atomic mass is 32.2. The number of para-hydroxylation sites is 1. The number of fused-ring (bicyclic) bond motifs is 1. The van der Waals surface area contributed by atoms with E-state index in [-0.39, 0.29) is 17.2 Å². The molecule has 29 heavy (non-hydrogen) atoms. The van der Waals surface area contributed by atoms with Gasteiger partial charge in [-0.3, -0.25) is 14.2 Å². The molecule has 0 saturated heterocycles. The summed E-state index contributed by atoms with van der Waals surface area (Å²) in [4.78, 5) is 29.5. The Morgan fingerprint density at radius 3 is 2.66 bits per heavy atom. The highest BCUT2D eigenvalue weighted by Crippen LogP contribution is 2.22. The van der Waals surface area contributed by atoms with Crippen LogP contribution in [0.25, 0.3) is 16.5 Å². The van der Waals surface area contributed by atoms with Gasteiger partial charge in [-0.15, -0.1) is 0 Å². The molecular weight excluding hydrogens is 382 g/mol. The first-order valence-corrected chi connectivity index (χ1v) is 10.2. The molecule has 4 rings (SSSR count). The molecule has 144 valence electrons. The number of hydrogen-bond acceptors (Lipinski definition) is 4. The number of carbonyl (C=O) groups is 1. The van der Waals surface area contributed by atoms with Crippen LogP contribution in [-0.2, 0) is 4.79 Å². The van der Waals surface area contributed by atoms with Crippen LogP contribution < -0.4 is 10.9 Å². The normalized spacial score (nSPS) is 10.8. The van der Waals surface area contributed by atoms with Crippen LogP contribution in [0, 0.1) is 6.92 Å². The molecule has 1 heterocycles. The topological polar surface area (TPSA) is 64.0 Å². The highest BCUT2D eigenvalue weighted by Gasteiger charge is 2.12. The van der Waals surface area contributed by atoms with Crippen LogP contribution in [0.2, 0.25) is 0 Å². The zero-order chi connectivity index (χ0) is 20.2. The lowest BCUT2D eigenvalue weighted by Gasteiger charge is -2.11. The molecule has 6 heteroatoms. The molecule has 0 atom stereocenters. The van der Waals surface area contributed by atoms with Crippen molar-refractivity contribution in [3.63, 3.8) is 0 Å². The van der Waals surface area contributed by atoms with Gasteiger partial charge in [0.05, 0.1) is 11.4 Å². The average Bonchev–Trinajstić information content (AvgIpc) is 2.74. The molecule has 0 bridgehead atoms. The number of hydrogen-bond donors (Lipinski definition) is 1. The van der Waals surface area contributed by atoms with E-state index >= 15 is 0 Å². The maximum atomic E-state index is 13.0. The molecule has 4 aromatic rings. The Labute approximate surface area is 172 Å². The van der Waals surface area contributed by atoms with Crippen LogP contribution in [0.5, 0.6) is 0 Å². The van der Waals surface area contributed by atoms with Crippen LogP contribution >= 0.6 is 11.8 Å². The summed E-state index contributed by atoms with van der Waals surface area (Å²) in [7, 11) is 0. The monoisotopic (exact) mass is 401 g/mol. The summed E-state index contributed by atoms with van der Waals surface area (Å²) in [5.41, 5.74) is 2.31. The Balaban J connectivity index is 1.57. The van der Waals surface area contributed by atoms with Gasteiger partial charge in [0.25, 0.3) is 5.56 Å². The van der Waals surface area contributed by atoms with E-state index in [0.29, 0.717) is 5.03 Å². The fourth-order valence-corrected chi connectivity index (χ4v) is 3.83. The minimum atomic E-state index is -0.238. The van der Waals surface area contributed by atoms with E-state index in [9.17, 15) is 9.59 Å². The third-order valence-corrected chi connectivity index (χ3v) is 5.55. The van der Waals surface area contributed by atoms with Gasteiger partial charge in [0.2, 0.25) is 5.91 Å². The molecule has 0 fully saturated rings. The molecule has 0 radical (unpaired) electrons. The number of amides is 1. The van der Waals surface area contributed by atoms with Gasteiger partial charge in [-0.25, -0.2) is 4.98 Å². The summed E-state index contributed by atoms with van der Waals surface area (Å²) >= 11 is 1.14. The van der Waals surface area contributed by atoms with Crippen molar-refractivity contribution >= 4 is 34.1 Å². The van der Waals surface area contributed by atoms with Crippen LogP contribution in [0.15, 0.2) is 88.9 Å². The quantitative estimate of drug-likeness (QED) is 0.503. The summed E-state index contributed by atoms with van der Waals surface area (Å²) in [5.74, 6) is -0.0677. The number of benzene rings is 3. The van der Waals surface area contributed by atoms with Crippen molar-refractivity contribution in [2.45, 2.75) is 11.9 Å². The Hall–Kier alpha value is -3.38. The maximum Gasteiger partial charge on any atom is 0.287 e. The molecule has 0 saturated carbocycles. The second-order valence-electron chi connectivity index (χ2n) is 6.56. The number of carbonyl (C=O) groups excluding carboxylic acids is 1. The average molecular weight is 401 g/mol. The van der Waals surface area contributed by atoms with Gasteiger partial charge in [-0.05, 0) is 30.0 Å². The fourth-order valence-electron chi connectivity index (χ4n) is 3.13. The molecule has 0 aliphatic carbocycles. The second-order valence-corrected chi connectivity index (χ2v) is 7.52. The largest absolute Gasteiger partial charge is 0.325 e. The number of nitrogens with one attached hydrogen (secondary N) is 1. The lowest BCUT2D eigenvalue weighted by molar-refractivity contribution is -0.113. The van der Waals surface area contributed by atoms with Crippen molar-refractivity contribution in [3.05, 3.63) is 95.0 Å². The number of anilines is 1. The van der Waals surface area contributed by atoms with Gasteiger partial charge >= 0.3 is 0 Å². The van der Waals surface area contributed by atoms with Crippen molar-refractivity contribution in [3.8, 4) is 5.69 Å². The van der Waals surface area contributed by atoms with Gasteiger partial charge in [0.1, 0.15) is 0 Å². The zero-order valence-corrected chi connectivity index (χ0v) is 16.6. The molecule has 0 spiro atoms. The summed E-state index contributed by atoms with van der Waals surface area (Å²) < 4.78 is 1.58. The molecule has 1 N–H and O–H groups in total. The number of aromatic nitrogens is 2. The highest BCUT2D eigenvalue weighted by molar-refractivity contribution is 7.99. The number of rotatable bonds is 5. The third kappa shape index (κ3) is 4.07.